The Morgan fingerprint density at radius 3 is 1.17 bits per heavy atom. The van der Waals surface area contributed by atoms with Crippen LogP contribution in [0.1, 0.15) is 143 Å². The number of hydrogen-bond acceptors (Lipinski definition) is 16. The maximum Gasteiger partial charge on any atom is 0.278 e. The second-order valence-electron chi connectivity index (χ2n) is 25.6. The second-order valence-corrected chi connectivity index (χ2v) is 25.6. The van der Waals surface area contributed by atoms with Crippen LogP contribution in [0.2, 0.25) is 0 Å². The normalized spacial score (nSPS) is 12.5. The van der Waals surface area contributed by atoms with Gasteiger partial charge in [-0.15, -0.1) is 6.42 Å². The molecule has 1 aliphatic rings. The van der Waals surface area contributed by atoms with Crippen LogP contribution in [0.4, 0.5) is 28.6 Å². The number of Topliss-reactive ketones (excluding diaryl/α,β-unsaturated/α-hetero) is 1. The van der Waals surface area contributed by atoms with E-state index in [1.807, 2.05) is 171 Å². The van der Waals surface area contributed by atoms with Gasteiger partial charge in [-0.3, -0.25) is 43.7 Å². The smallest absolute Gasteiger partial charge is 0.278 e. The number of hydrogen-bond donors (Lipinski definition) is 6. The van der Waals surface area contributed by atoms with Crippen molar-refractivity contribution >= 4 is 69.6 Å². The molecule has 0 unspecified atom stereocenters. The van der Waals surface area contributed by atoms with Crippen molar-refractivity contribution in [2.45, 2.75) is 66.3 Å². The van der Waals surface area contributed by atoms with Gasteiger partial charge in [-0.1, -0.05) is 159 Å². The molecule has 4 aromatic heterocycles. The molecule has 1 aliphatic carbocycles. The standard InChI is InChI=1S/C26H28N4O2.C22H22N4O.C20H17N3O2.C19H14N4O.9H2/c1-17-8-14-22(15-9-17)28-25(31)20-12-10-19(11-13-20)23-16-27-18(2)24(30-23)26(32)29-21-6-4-3-5-7-21;1-15-21(22(27)24-19-8-6-5-7-9-19)25-20(14-23-15)18-12-10-17(11-13-18)16(2)26(3)4;1-13-19(20(25)22-17-9-4-3-5-10-17)23-18(12-21-13)16-8-6-7-15(11-16)14(2)24;1-2-13-8-10-14(11-9-13)16-12-21-18(20)17(23-16)19(24)22-15-6-4-3-5-7-15;;;;;;;;;/h3-7,10-13,16-17,22H,8-9,14-15H2,1-2H3,(H,28,31)(H,29,32);5-14H,2H2,1,3-4H3,(H,24,27);3-12H,1-2H3,(H,22,25);1,3-12H,(H2,20,21)(H,22,24);9*1H. The first-order chi connectivity index (χ1) is 52.2. The maximum atomic E-state index is 12.7. The topological polar surface area (TPSA) is 295 Å². The number of nitrogens with one attached hydrogen (secondary N) is 5. The Labute approximate surface area is 641 Å². The molecule has 0 atom stereocenters. The van der Waals surface area contributed by atoms with E-state index in [4.69, 9.17) is 12.2 Å². The lowest BCUT2D eigenvalue weighted by Gasteiger charge is -2.26. The van der Waals surface area contributed by atoms with E-state index in [2.05, 4.69) is 85.9 Å². The van der Waals surface area contributed by atoms with Crippen molar-refractivity contribution in [3.63, 3.8) is 0 Å². The summed E-state index contributed by atoms with van der Waals surface area (Å²) in [5.74, 6) is 2.00. The number of nitrogen functional groups attached to an aromatic ring is 1. The van der Waals surface area contributed by atoms with Crippen LogP contribution in [0.15, 0.2) is 250 Å². The molecule has 21 nitrogen and oxygen atoms in total. The number of benzene rings is 8. The molecule has 108 heavy (non-hydrogen) atoms. The first-order valence-electron chi connectivity index (χ1n) is 34.8. The van der Waals surface area contributed by atoms with E-state index in [1.165, 1.54) is 13.1 Å². The molecule has 0 aliphatic heterocycles. The maximum absolute atomic E-state index is 12.7. The fourth-order valence-corrected chi connectivity index (χ4v) is 11.2. The summed E-state index contributed by atoms with van der Waals surface area (Å²) in [4.78, 5) is 111. The largest absolute Gasteiger partial charge is 0.382 e. The summed E-state index contributed by atoms with van der Waals surface area (Å²) >= 11 is 0. The number of anilines is 5. The molecular formula is C87H99N15O6. The molecule has 0 bridgehead atoms. The van der Waals surface area contributed by atoms with Crippen LogP contribution in [0.5, 0.6) is 0 Å². The zero-order valence-electron chi connectivity index (χ0n) is 60.9. The second kappa shape index (κ2) is 36.9. The number of nitrogens with two attached hydrogens (primary N) is 1. The lowest BCUT2D eigenvalue weighted by atomic mass is 9.87. The Bertz CT molecular complexity index is 5250. The minimum absolute atomic E-state index is 0. The predicted octanol–water partition coefficient (Wildman–Crippen LogP) is 18.3. The number of carbonyl (C=O) groups excluding carboxylic acids is 6. The summed E-state index contributed by atoms with van der Waals surface area (Å²) in [6, 6.07) is 66.6. The van der Waals surface area contributed by atoms with Gasteiger partial charge in [-0.2, -0.15) is 0 Å². The summed E-state index contributed by atoms with van der Waals surface area (Å²) in [5.41, 5.74) is 20.7. The summed E-state index contributed by atoms with van der Waals surface area (Å²) in [7, 11) is 3.92. The van der Waals surface area contributed by atoms with Crippen molar-refractivity contribution in [3.05, 3.63) is 312 Å². The van der Waals surface area contributed by atoms with E-state index < -0.39 is 5.91 Å². The number of aromatic nitrogens is 8. The van der Waals surface area contributed by atoms with Gasteiger partial charge in [-0.05, 0) is 144 Å². The van der Waals surface area contributed by atoms with Gasteiger partial charge in [0.05, 0.1) is 64.6 Å². The highest BCUT2D eigenvalue weighted by molar-refractivity contribution is 6.07. The Kier molecular flexibility index (Phi) is 26.2. The predicted molar refractivity (Wildman–Crippen MR) is 445 cm³/mol. The van der Waals surface area contributed by atoms with E-state index >= 15 is 0 Å². The zero-order chi connectivity index (χ0) is 76.6. The van der Waals surface area contributed by atoms with Crippen molar-refractivity contribution in [1.82, 2.24) is 50.1 Å². The van der Waals surface area contributed by atoms with Crippen LogP contribution in [0.3, 0.4) is 0 Å². The highest BCUT2D eigenvalue weighted by atomic mass is 16.2. The fraction of sp³-hybridized carbons (Fsp3) is 0.149. The van der Waals surface area contributed by atoms with Crippen LogP contribution in [0, 0.1) is 39.0 Å². The van der Waals surface area contributed by atoms with Gasteiger partial charge >= 0.3 is 0 Å². The van der Waals surface area contributed by atoms with Crippen molar-refractivity contribution < 1.29 is 41.6 Å². The number of aryl methyl sites for hydroxylation is 3. The third kappa shape index (κ3) is 21.1. The van der Waals surface area contributed by atoms with Gasteiger partial charge in [0, 0.05) is 100 Å². The number of amides is 5. The van der Waals surface area contributed by atoms with E-state index in [-0.39, 0.29) is 71.2 Å². The highest BCUT2D eigenvalue weighted by Crippen LogP contribution is 2.28. The van der Waals surface area contributed by atoms with Crippen molar-refractivity contribution in [1.29, 1.82) is 0 Å². The number of nitrogens with zero attached hydrogens (tertiary/aromatic N) is 9. The van der Waals surface area contributed by atoms with Crippen molar-refractivity contribution in [3.8, 4) is 57.4 Å². The fourth-order valence-electron chi connectivity index (χ4n) is 11.2. The van der Waals surface area contributed by atoms with Gasteiger partial charge in [-0.25, -0.2) is 24.9 Å². The van der Waals surface area contributed by atoms with Crippen LogP contribution >= 0.6 is 0 Å². The van der Waals surface area contributed by atoms with Crippen molar-refractivity contribution in [2.24, 2.45) is 5.92 Å². The number of para-hydroxylation sites is 4. The van der Waals surface area contributed by atoms with Gasteiger partial charge in [0.25, 0.3) is 29.5 Å². The van der Waals surface area contributed by atoms with E-state index in [1.54, 1.807) is 106 Å². The molecular weight excluding hydrogens is 1350 g/mol. The summed E-state index contributed by atoms with van der Waals surface area (Å²) in [6.07, 6.45) is 16.2. The molecule has 0 spiro atoms. The Morgan fingerprint density at radius 2 is 0.787 bits per heavy atom. The first kappa shape index (κ1) is 76.6. The molecule has 5 amide bonds. The average molecular weight is 1450 g/mol. The van der Waals surface area contributed by atoms with Gasteiger partial charge in [0.2, 0.25) is 0 Å². The number of rotatable bonds is 17. The molecule has 21 heteroatoms. The van der Waals surface area contributed by atoms with E-state index in [0.29, 0.717) is 73.7 Å². The lowest BCUT2D eigenvalue weighted by Crippen LogP contribution is -2.37. The lowest BCUT2D eigenvalue weighted by molar-refractivity contribution is 0.0920. The Morgan fingerprint density at radius 1 is 0.435 bits per heavy atom. The summed E-state index contributed by atoms with van der Waals surface area (Å²) in [6.45, 7) is 13.1. The van der Waals surface area contributed by atoms with Gasteiger partial charge < -0.3 is 37.2 Å². The zero-order valence-corrected chi connectivity index (χ0v) is 60.9. The molecule has 558 valence electrons. The monoisotopic (exact) mass is 1450 g/mol. The molecule has 0 radical (unpaired) electrons. The summed E-state index contributed by atoms with van der Waals surface area (Å²) in [5, 5.41) is 14.4. The quantitative estimate of drug-likeness (QED) is 0.0365. The van der Waals surface area contributed by atoms with Gasteiger partial charge in [0.15, 0.2) is 17.3 Å². The van der Waals surface area contributed by atoms with Crippen LogP contribution in [-0.2, 0) is 0 Å². The number of ketones is 1. The van der Waals surface area contributed by atoms with E-state index in [9.17, 15) is 28.8 Å². The molecule has 7 N–H and O–H groups in total. The Balaban J connectivity index is 0.000000765. The average Bonchev–Trinajstić information content (AvgIpc) is 0.831. The van der Waals surface area contributed by atoms with Crippen LogP contribution in [-0.4, -0.2) is 100 Å². The molecule has 12 aromatic rings. The summed E-state index contributed by atoms with van der Waals surface area (Å²) < 4.78 is 0. The van der Waals surface area contributed by atoms with Crippen LogP contribution < -0.4 is 32.3 Å². The van der Waals surface area contributed by atoms with Crippen LogP contribution in [0.25, 0.3) is 50.7 Å². The third-order valence-corrected chi connectivity index (χ3v) is 17.4. The molecule has 0 saturated heterocycles. The highest BCUT2D eigenvalue weighted by Gasteiger charge is 2.23. The third-order valence-electron chi connectivity index (χ3n) is 17.4. The van der Waals surface area contributed by atoms with E-state index in [0.717, 1.165) is 76.4 Å². The SMILES string of the molecule is C#Cc1ccc(-c2cnc(N)c(C(=O)Nc3ccccc3)n2)cc1.C=C(c1ccc(-c2cnc(C)c(C(=O)Nc3ccccc3)n2)cc1)N(C)C.CC(=O)c1cccc(-c2cnc(C)c(C(=O)Nc3ccccc3)n2)c1.Cc1ncc(-c2ccc(C(=O)NC3CCC(C)CC3)cc2)nc1C(=O)Nc1ccccc1.[HH].[HH].[HH].[HH].[HH].[HH].[HH].[HH].[HH]. The molecule has 1 saturated carbocycles. The Hall–Kier alpha value is -14.0. The first-order valence-corrected chi connectivity index (χ1v) is 34.8. The van der Waals surface area contributed by atoms with Gasteiger partial charge in [0.1, 0.15) is 17.1 Å². The van der Waals surface area contributed by atoms with Crippen molar-refractivity contribution in [2.75, 3.05) is 41.1 Å². The number of carbonyl (C=O) groups is 6. The minimum atomic E-state index is -0.409. The molecule has 4 heterocycles. The minimum Gasteiger partial charge on any atom is -0.382 e. The molecule has 1 fully saturated rings. The number of terminal acetylenes is 1. The molecule has 8 aromatic carbocycles. The molecule has 13 rings (SSSR count).